The largest absolute Gasteiger partial charge is 0.486 e. The van der Waals surface area contributed by atoms with E-state index in [2.05, 4.69) is 15.5 Å². The zero-order valence-corrected chi connectivity index (χ0v) is 15.3. The van der Waals surface area contributed by atoms with Crippen LogP contribution in [0.3, 0.4) is 0 Å². The van der Waals surface area contributed by atoms with Crippen molar-refractivity contribution in [2.24, 2.45) is 5.92 Å². The molecule has 3 heterocycles. The molecular formula is C18H18N4O4S. The SMILES string of the molecule is O=C(Nc1nnc(C2CC2)s1)C1CC(=O)N(c2ccc3c(c2)OCCO3)C1. The topological polar surface area (TPSA) is 93.7 Å². The molecule has 1 aromatic heterocycles. The Morgan fingerprint density at radius 2 is 2.00 bits per heavy atom. The molecule has 8 nitrogen and oxygen atoms in total. The van der Waals surface area contributed by atoms with Crippen LogP contribution in [0.2, 0.25) is 0 Å². The highest BCUT2D eigenvalue weighted by molar-refractivity contribution is 7.15. The van der Waals surface area contributed by atoms with Gasteiger partial charge in [0.2, 0.25) is 16.9 Å². The van der Waals surface area contributed by atoms with Gasteiger partial charge in [0.1, 0.15) is 18.2 Å². The van der Waals surface area contributed by atoms with Gasteiger partial charge in [-0.3, -0.25) is 9.59 Å². The van der Waals surface area contributed by atoms with E-state index in [1.54, 1.807) is 17.0 Å². The lowest BCUT2D eigenvalue weighted by Gasteiger charge is -2.22. The molecule has 140 valence electrons. The summed E-state index contributed by atoms with van der Waals surface area (Å²) in [6.45, 7) is 1.34. The molecule has 1 atom stereocenters. The van der Waals surface area contributed by atoms with Gasteiger partial charge in [0.15, 0.2) is 11.5 Å². The van der Waals surface area contributed by atoms with Crippen LogP contribution in [0.5, 0.6) is 11.5 Å². The first-order valence-corrected chi connectivity index (χ1v) is 9.83. The summed E-state index contributed by atoms with van der Waals surface area (Å²) in [6.07, 6.45) is 2.46. The molecule has 2 fully saturated rings. The van der Waals surface area contributed by atoms with Gasteiger partial charge in [-0.15, -0.1) is 10.2 Å². The summed E-state index contributed by atoms with van der Waals surface area (Å²) >= 11 is 1.42. The molecule has 0 bridgehead atoms. The van der Waals surface area contributed by atoms with Gasteiger partial charge >= 0.3 is 0 Å². The molecule has 1 unspecified atom stereocenters. The van der Waals surface area contributed by atoms with E-state index in [4.69, 9.17) is 9.47 Å². The van der Waals surface area contributed by atoms with Crippen LogP contribution in [0.25, 0.3) is 0 Å². The summed E-state index contributed by atoms with van der Waals surface area (Å²) in [6, 6.07) is 5.41. The van der Waals surface area contributed by atoms with Gasteiger partial charge in [0, 0.05) is 30.6 Å². The normalized spacial score (nSPS) is 21.4. The van der Waals surface area contributed by atoms with E-state index in [1.807, 2.05) is 6.07 Å². The van der Waals surface area contributed by atoms with E-state index in [-0.39, 0.29) is 18.2 Å². The molecule has 0 spiro atoms. The maximum Gasteiger partial charge on any atom is 0.231 e. The van der Waals surface area contributed by atoms with E-state index in [0.29, 0.717) is 48.0 Å². The van der Waals surface area contributed by atoms with Crippen LogP contribution in [-0.4, -0.2) is 41.8 Å². The van der Waals surface area contributed by atoms with Gasteiger partial charge in [-0.2, -0.15) is 0 Å². The van der Waals surface area contributed by atoms with E-state index >= 15 is 0 Å². The molecule has 1 N–H and O–H groups in total. The van der Waals surface area contributed by atoms with Gasteiger partial charge in [0.05, 0.1) is 5.92 Å². The molecule has 9 heteroatoms. The third-order valence-corrected chi connectivity index (χ3v) is 5.93. The molecule has 1 saturated heterocycles. The minimum Gasteiger partial charge on any atom is -0.486 e. The summed E-state index contributed by atoms with van der Waals surface area (Å²) in [7, 11) is 0. The van der Waals surface area contributed by atoms with Crippen molar-refractivity contribution < 1.29 is 19.1 Å². The number of hydrogen-bond acceptors (Lipinski definition) is 7. The number of carbonyl (C=O) groups is 2. The highest BCUT2D eigenvalue weighted by Crippen LogP contribution is 2.42. The number of carbonyl (C=O) groups excluding carboxylic acids is 2. The molecule has 2 aromatic rings. The fourth-order valence-electron chi connectivity index (χ4n) is 3.32. The number of nitrogens with one attached hydrogen (secondary N) is 1. The Bertz CT molecular complexity index is 911. The molecule has 5 rings (SSSR count). The van der Waals surface area contributed by atoms with Crippen molar-refractivity contribution in [1.82, 2.24) is 10.2 Å². The minimum atomic E-state index is -0.418. The predicted octanol–water partition coefficient (Wildman–Crippen LogP) is 2.18. The van der Waals surface area contributed by atoms with Crippen molar-refractivity contribution in [3.63, 3.8) is 0 Å². The molecule has 1 aromatic carbocycles. The van der Waals surface area contributed by atoms with Crippen molar-refractivity contribution >= 4 is 34.0 Å². The zero-order chi connectivity index (χ0) is 18.4. The number of hydrogen-bond donors (Lipinski definition) is 1. The highest BCUT2D eigenvalue weighted by atomic mass is 32.1. The highest BCUT2D eigenvalue weighted by Gasteiger charge is 2.36. The fourth-order valence-corrected chi connectivity index (χ4v) is 4.24. The second-order valence-electron chi connectivity index (χ2n) is 6.94. The molecule has 3 aliphatic rings. The van der Waals surface area contributed by atoms with Crippen molar-refractivity contribution in [2.45, 2.75) is 25.2 Å². The Morgan fingerprint density at radius 1 is 1.19 bits per heavy atom. The van der Waals surface area contributed by atoms with Crippen molar-refractivity contribution in [3.8, 4) is 11.5 Å². The lowest BCUT2D eigenvalue weighted by molar-refractivity contribution is -0.122. The first kappa shape index (κ1) is 16.5. The lowest BCUT2D eigenvalue weighted by atomic mass is 10.1. The first-order chi connectivity index (χ1) is 13.2. The molecule has 27 heavy (non-hydrogen) atoms. The van der Waals surface area contributed by atoms with E-state index in [9.17, 15) is 9.59 Å². The number of anilines is 2. The van der Waals surface area contributed by atoms with Crippen molar-refractivity contribution in [2.75, 3.05) is 30.0 Å². The number of amides is 2. The lowest BCUT2D eigenvalue weighted by Crippen LogP contribution is -2.28. The van der Waals surface area contributed by atoms with Crippen LogP contribution in [0.4, 0.5) is 10.8 Å². The minimum absolute atomic E-state index is 0.0808. The van der Waals surface area contributed by atoms with Gasteiger partial charge in [0.25, 0.3) is 0 Å². The summed E-state index contributed by atoms with van der Waals surface area (Å²) in [5.74, 6) is 1.12. The smallest absolute Gasteiger partial charge is 0.231 e. The molecule has 2 amide bonds. The quantitative estimate of drug-likeness (QED) is 0.866. The summed E-state index contributed by atoms with van der Waals surface area (Å²) in [5, 5.41) is 12.5. The Kier molecular flexibility index (Phi) is 3.96. The van der Waals surface area contributed by atoms with Crippen molar-refractivity contribution in [3.05, 3.63) is 23.2 Å². The number of rotatable bonds is 4. The number of aromatic nitrogens is 2. The van der Waals surface area contributed by atoms with Crippen LogP contribution in [-0.2, 0) is 9.59 Å². The van der Waals surface area contributed by atoms with Gasteiger partial charge in [-0.25, -0.2) is 0 Å². The monoisotopic (exact) mass is 386 g/mol. The summed E-state index contributed by atoms with van der Waals surface area (Å²) < 4.78 is 11.1. The zero-order valence-electron chi connectivity index (χ0n) is 14.5. The average Bonchev–Trinajstić information content (AvgIpc) is 3.31. The summed E-state index contributed by atoms with van der Waals surface area (Å²) in [4.78, 5) is 26.7. The van der Waals surface area contributed by atoms with Gasteiger partial charge in [-0.05, 0) is 25.0 Å². The summed E-state index contributed by atoms with van der Waals surface area (Å²) in [5.41, 5.74) is 0.714. The van der Waals surface area contributed by atoms with Gasteiger partial charge < -0.3 is 19.7 Å². The van der Waals surface area contributed by atoms with Crippen LogP contribution in [0, 0.1) is 5.92 Å². The number of fused-ring (bicyclic) bond motifs is 1. The maximum atomic E-state index is 12.6. The third-order valence-electron chi connectivity index (χ3n) is 4.93. The second-order valence-corrected chi connectivity index (χ2v) is 7.95. The predicted molar refractivity (Wildman–Crippen MR) is 98.4 cm³/mol. The average molecular weight is 386 g/mol. The van der Waals surface area contributed by atoms with Crippen LogP contribution in [0.1, 0.15) is 30.2 Å². The van der Waals surface area contributed by atoms with E-state index in [0.717, 1.165) is 17.8 Å². The molecular weight excluding hydrogens is 368 g/mol. The van der Waals surface area contributed by atoms with Crippen LogP contribution in [0.15, 0.2) is 18.2 Å². The van der Waals surface area contributed by atoms with E-state index in [1.165, 1.54) is 11.3 Å². The standard InChI is InChI=1S/C18H18N4O4S/c23-15-7-11(16(24)19-18-21-20-17(27-18)10-1-2-10)9-22(15)12-3-4-13-14(8-12)26-6-5-25-13/h3-4,8,10-11H,1-2,5-7,9H2,(H,19,21,24). The number of benzene rings is 1. The first-order valence-electron chi connectivity index (χ1n) is 9.01. The Labute approximate surface area is 159 Å². The van der Waals surface area contributed by atoms with Gasteiger partial charge in [-0.1, -0.05) is 11.3 Å². The maximum absolute atomic E-state index is 12.6. The fraction of sp³-hybridized carbons (Fsp3) is 0.444. The van der Waals surface area contributed by atoms with E-state index < -0.39 is 5.92 Å². The number of nitrogens with zero attached hydrogens (tertiary/aromatic N) is 3. The Balaban J connectivity index is 1.27. The molecule has 0 radical (unpaired) electrons. The second kappa shape index (κ2) is 6.49. The van der Waals surface area contributed by atoms with Crippen molar-refractivity contribution in [1.29, 1.82) is 0 Å². The Hall–Kier alpha value is -2.68. The number of ether oxygens (including phenoxy) is 2. The molecule has 1 saturated carbocycles. The van der Waals surface area contributed by atoms with Crippen LogP contribution >= 0.6 is 11.3 Å². The molecule has 1 aliphatic carbocycles. The Morgan fingerprint density at radius 3 is 2.81 bits per heavy atom. The molecule has 2 aliphatic heterocycles. The third kappa shape index (κ3) is 3.23. The van der Waals surface area contributed by atoms with Crippen LogP contribution < -0.4 is 19.7 Å².